The van der Waals surface area contributed by atoms with Crippen LogP contribution in [0.5, 0.6) is 0 Å². The van der Waals surface area contributed by atoms with Crippen molar-refractivity contribution in [3.8, 4) is 0 Å². The van der Waals surface area contributed by atoms with Gasteiger partial charge in [0.25, 0.3) is 11.6 Å². The Morgan fingerprint density at radius 3 is 2.52 bits per heavy atom. The molecule has 0 fully saturated rings. The zero-order valence-electron chi connectivity index (χ0n) is 11.1. The first-order valence-electron chi connectivity index (χ1n) is 6.03. The SMILES string of the molecule is CN(NC(=O)c1cc(Cl)ccc1[N+](=O)[O-])c1ccccc1. The van der Waals surface area contributed by atoms with Crippen molar-refractivity contribution in [3.63, 3.8) is 0 Å². The van der Waals surface area contributed by atoms with Crippen LogP contribution in [0.1, 0.15) is 10.4 Å². The third kappa shape index (κ3) is 3.49. The summed E-state index contributed by atoms with van der Waals surface area (Å²) in [6, 6.07) is 12.9. The lowest BCUT2D eigenvalue weighted by molar-refractivity contribution is -0.385. The highest BCUT2D eigenvalue weighted by Gasteiger charge is 2.21. The summed E-state index contributed by atoms with van der Waals surface area (Å²) < 4.78 is 0. The molecule has 2 aromatic rings. The van der Waals surface area contributed by atoms with E-state index >= 15 is 0 Å². The van der Waals surface area contributed by atoms with Gasteiger partial charge in [-0.25, -0.2) is 0 Å². The number of hydrogen-bond acceptors (Lipinski definition) is 4. The molecule has 0 unspecified atom stereocenters. The second kappa shape index (κ2) is 6.23. The molecule has 0 radical (unpaired) electrons. The highest BCUT2D eigenvalue weighted by atomic mass is 35.5. The van der Waals surface area contributed by atoms with Gasteiger partial charge < -0.3 is 0 Å². The highest BCUT2D eigenvalue weighted by Crippen LogP contribution is 2.23. The van der Waals surface area contributed by atoms with Crippen molar-refractivity contribution in [2.45, 2.75) is 0 Å². The zero-order chi connectivity index (χ0) is 15.4. The van der Waals surface area contributed by atoms with Crippen molar-refractivity contribution >= 4 is 28.9 Å². The number of nitrogens with zero attached hydrogens (tertiary/aromatic N) is 2. The van der Waals surface area contributed by atoms with E-state index < -0.39 is 10.8 Å². The molecule has 0 bridgehead atoms. The lowest BCUT2D eigenvalue weighted by atomic mass is 10.1. The van der Waals surface area contributed by atoms with E-state index in [0.29, 0.717) is 0 Å². The van der Waals surface area contributed by atoms with Crippen LogP contribution in [0.15, 0.2) is 48.5 Å². The average Bonchev–Trinajstić information content (AvgIpc) is 2.47. The monoisotopic (exact) mass is 305 g/mol. The minimum atomic E-state index is -0.617. The molecule has 6 nitrogen and oxygen atoms in total. The summed E-state index contributed by atoms with van der Waals surface area (Å²) in [5.41, 5.74) is 2.93. The number of benzene rings is 2. The summed E-state index contributed by atoms with van der Waals surface area (Å²) >= 11 is 5.80. The minimum Gasteiger partial charge on any atom is -0.288 e. The molecule has 0 atom stereocenters. The molecule has 2 rings (SSSR count). The van der Waals surface area contributed by atoms with E-state index in [4.69, 9.17) is 11.6 Å². The topological polar surface area (TPSA) is 75.5 Å². The third-order valence-electron chi connectivity index (χ3n) is 2.81. The number of para-hydroxylation sites is 1. The fourth-order valence-corrected chi connectivity index (χ4v) is 1.95. The first kappa shape index (κ1) is 14.8. The number of anilines is 1. The van der Waals surface area contributed by atoms with Crippen LogP contribution in [0.2, 0.25) is 5.02 Å². The summed E-state index contributed by atoms with van der Waals surface area (Å²) in [5, 5.41) is 12.7. The van der Waals surface area contributed by atoms with Gasteiger partial charge in [0.15, 0.2) is 0 Å². The number of carbonyl (C=O) groups is 1. The maximum absolute atomic E-state index is 12.2. The number of hydrazine groups is 1. The fourth-order valence-electron chi connectivity index (χ4n) is 1.78. The van der Waals surface area contributed by atoms with Crippen LogP contribution >= 0.6 is 11.6 Å². The minimum absolute atomic E-state index is 0.0877. The molecule has 1 amide bonds. The summed E-state index contributed by atoms with van der Waals surface area (Å²) in [5.74, 6) is -0.601. The van der Waals surface area contributed by atoms with Crippen molar-refractivity contribution in [2.24, 2.45) is 0 Å². The number of nitro benzene ring substituents is 1. The number of halogens is 1. The lowest BCUT2D eigenvalue weighted by Crippen LogP contribution is -2.39. The van der Waals surface area contributed by atoms with E-state index in [2.05, 4.69) is 5.43 Å². The second-order valence-electron chi connectivity index (χ2n) is 4.25. The first-order chi connectivity index (χ1) is 9.99. The summed E-state index contributed by atoms with van der Waals surface area (Å²) in [7, 11) is 1.64. The van der Waals surface area contributed by atoms with Crippen LogP contribution in [-0.4, -0.2) is 17.9 Å². The molecule has 1 N–H and O–H groups in total. The van der Waals surface area contributed by atoms with Crippen LogP contribution < -0.4 is 10.4 Å². The van der Waals surface area contributed by atoms with E-state index in [1.165, 1.54) is 23.2 Å². The van der Waals surface area contributed by atoms with Crippen LogP contribution in [0, 0.1) is 10.1 Å². The normalized spacial score (nSPS) is 10.0. The molecule has 0 heterocycles. The van der Waals surface area contributed by atoms with Crippen LogP contribution in [0.25, 0.3) is 0 Å². The summed E-state index contributed by atoms with van der Waals surface area (Å²) in [6.07, 6.45) is 0. The predicted octanol–water partition coefficient (Wildman–Crippen LogP) is 3.03. The Hall–Kier alpha value is -2.60. The standard InChI is InChI=1S/C14H12ClN3O3/c1-17(11-5-3-2-4-6-11)16-14(19)12-9-10(15)7-8-13(12)18(20)21/h2-9H,1H3,(H,16,19). The van der Waals surface area contributed by atoms with Gasteiger partial charge in [0.2, 0.25) is 0 Å². The number of rotatable bonds is 4. The van der Waals surface area contributed by atoms with Gasteiger partial charge in [-0.1, -0.05) is 29.8 Å². The summed E-state index contributed by atoms with van der Waals surface area (Å²) in [4.78, 5) is 22.5. The Bertz CT molecular complexity index is 676. The molecule has 0 saturated heterocycles. The summed E-state index contributed by atoms with van der Waals surface area (Å²) in [6.45, 7) is 0. The Labute approximate surface area is 126 Å². The van der Waals surface area contributed by atoms with E-state index in [9.17, 15) is 14.9 Å². The number of nitrogens with one attached hydrogen (secondary N) is 1. The van der Waals surface area contributed by atoms with Crippen LogP contribution in [-0.2, 0) is 0 Å². The Kier molecular flexibility index (Phi) is 4.39. The third-order valence-corrected chi connectivity index (χ3v) is 3.05. The molecule has 0 spiro atoms. The smallest absolute Gasteiger partial charge is 0.282 e. The van der Waals surface area contributed by atoms with E-state index in [1.54, 1.807) is 19.2 Å². The maximum Gasteiger partial charge on any atom is 0.282 e. The van der Waals surface area contributed by atoms with Crippen molar-refractivity contribution in [2.75, 3.05) is 12.1 Å². The van der Waals surface area contributed by atoms with E-state index in [0.717, 1.165) is 5.69 Å². The zero-order valence-corrected chi connectivity index (χ0v) is 11.9. The molecule has 108 valence electrons. The van der Waals surface area contributed by atoms with Gasteiger partial charge in [-0.15, -0.1) is 0 Å². The molecular weight excluding hydrogens is 294 g/mol. The number of carbonyl (C=O) groups excluding carboxylic acids is 1. The van der Waals surface area contributed by atoms with Gasteiger partial charge in [-0.2, -0.15) is 0 Å². The molecule has 0 aliphatic rings. The quantitative estimate of drug-likeness (QED) is 0.696. The maximum atomic E-state index is 12.2. The van der Waals surface area contributed by atoms with Gasteiger partial charge in [0.05, 0.1) is 10.6 Å². The van der Waals surface area contributed by atoms with Crippen LogP contribution in [0.3, 0.4) is 0 Å². The van der Waals surface area contributed by atoms with Crippen molar-refractivity contribution in [1.29, 1.82) is 0 Å². The van der Waals surface area contributed by atoms with Gasteiger partial charge in [-0.3, -0.25) is 25.3 Å². The van der Waals surface area contributed by atoms with Gasteiger partial charge >= 0.3 is 0 Å². The number of amides is 1. The van der Waals surface area contributed by atoms with Gasteiger partial charge in [-0.05, 0) is 24.3 Å². The molecule has 0 saturated carbocycles. The fraction of sp³-hybridized carbons (Fsp3) is 0.0714. The molecule has 0 aliphatic heterocycles. The number of nitro groups is 1. The molecule has 2 aromatic carbocycles. The van der Waals surface area contributed by atoms with E-state index in [-0.39, 0.29) is 16.3 Å². The Morgan fingerprint density at radius 1 is 1.24 bits per heavy atom. The molecular formula is C14H12ClN3O3. The molecule has 0 aliphatic carbocycles. The molecule has 21 heavy (non-hydrogen) atoms. The van der Waals surface area contributed by atoms with Crippen molar-refractivity contribution < 1.29 is 9.72 Å². The van der Waals surface area contributed by atoms with Gasteiger partial charge in [0, 0.05) is 18.1 Å². The second-order valence-corrected chi connectivity index (χ2v) is 4.69. The predicted molar refractivity (Wildman–Crippen MR) is 80.4 cm³/mol. The largest absolute Gasteiger partial charge is 0.288 e. The van der Waals surface area contributed by atoms with Gasteiger partial charge in [0.1, 0.15) is 5.56 Å². The Morgan fingerprint density at radius 2 is 1.90 bits per heavy atom. The molecule has 7 heteroatoms. The lowest BCUT2D eigenvalue weighted by Gasteiger charge is -2.20. The van der Waals surface area contributed by atoms with Crippen molar-refractivity contribution in [1.82, 2.24) is 5.43 Å². The highest BCUT2D eigenvalue weighted by molar-refractivity contribution is 6.31. The van der Waals surface area contributed by atoms with E-state index in [1.807, 2.05) is 18.2 Å². The van der Waals surface area contributed by atoms with Crippen molar-refractivity contribution in [3.05, 3.63) is 69.2 Å². The molecule has 0 aromatic heterocycles. The first-order valence-corrected chi connectivity index (χ1v) is 6.40. The Balaban J connectivity index is 2.25. The average molecular weight is 306 g/mol. The van der Waals surface area contributed by atoms with Crippen LogP contribution in [0.4, 0.5) is 11.4 Å². The number of hydrogen-bond donors (Lipinski definition) is 1.